The summed E-state index contributed by atoms with van der Waals surface area (Å²) in [4.78, 5) is 0. The van der Waals surface area contributed by atoms with Crippen LogP contribution in [0.15, 0.2) is 30.3 Å². The van der Waals surface area contributed by atoms with Crippen LogP contribution in [0.5, 0.6) is 0 Å². The van der Waals surface area contributed by atoms with Crippen LogP contribution in [0.1, 0.15) is 93.7 Å². The second-order valence-electron chi connectivity index (χ2n) is 10.6. The van der Waals surface area contributed by atoms with E-state index in [1.807, 2.05) is 0 Å². The van der Waals surface area contributed by atoms with Gasteiger partial charge in [0.25, 0.3) is 0 Å². The van der Waals surface area contributed by atoms with E-state index in [0.717, 1.165) is 36.2 Å². The van der Waals surface area contributed by atoms with Crippen LogP contribution < -0.4 is 0 Å². The molecule has 0 radical (unpaired) electrons. The maximum atomic E-state index is 14.8. The molecule has 0 N–H and O–H groups in total. The molecule has 0 amide bonds. The molecule has 0 nitrogen and oxygen atoms in total. The maximum Gasteiger partial charge on any atom is 0.142 e. The molecule has 0 bridgehead atoms. The minimum atomic E-state index is -0.505. The lowest BCUT2D eigenvalue weighted by Gasteiger charge is -2.31. The van der Waals surface area contributed by atoms with Gasteiger partial charge in [-0.15, -0.1) is 0 Å². The molecule has 33 heavy (non-hydrogen) atoms. The second kappa shape index (κ2) is 11.3. The molecule has 0 aliphatic heterocycles. The first kappa shape index (κ1) is 24.6. The average molecular weight is 477 g/mol. The van der Waals surface area contributed by atoms with Crippen LogP contribution >= 0.6 is 11.6 Å². The lowest BCUT2D eigenvalue weighted by molar-refractivity contribution is 0.237. The first-order valence-corrected chi connectivity index (χ1v) is 13.2. The standard InChI is InChI=1S/C29H36ClF3/c1-19-2-4-20(5-3-19)6-7-21-8-12-23(13-9-21)24-17-27(31)25(28(32)18-24)14-10-22-11-15-26(30)29(33)16-22/h11,15-21,23H,2-10,12-14H2,1H3. The minimum absolute atomic E-state index is 0.0544. The third kappa shape index (κ3) is 6.56. The van der Waals surface area contributed by atoms with Crippen molar-refractivity contribution in [1.82, 2.24) is 0 Å². The van der Waals surface area contributed by atoms with Crippen molar-refractivity contribution in [3.05, 3.63) is 69.5 Å². The highest BCUT2D eigenvalue weighted by Gasteiger charge is 2.26. The molecule has 2 aromatic carbocycles. The predicted octanol–water partition coefficient (Wildman–Crippen LogP) is 9.42. The highest BCUT2D eigenvalue weighted by Crippen LogP contribution is 2.40. The third-order valence-electron chi connectivity index (χ3n) is 8.25. The number of rotatable bonds is 7. The van der Waals surface area contributed by atoms with Crippen molar-refractivity contribution in [3.63, 3.8) is 0 Å². The molecule has 2 aliphatic rings. The van der Waals surface area contributed by atoms with E-state index in [9.17, 15) is 13.2 Å². The smallest absolute Gasteiger partial charge is 0.142 e. The van der Waals surface area contributed by atoms with Gasteiger partial charge in [0.2, 0.25) is 0 Å². The highest BCUT2D eigenvalue weighted by molar-refractivity contribution is 6.30. The van der Waals surface area contributed by atoms with Gasteiger partial charge in [-0.25, -0.2) is 13.2 Å². The maximum absolute atomic E-state index is 14.8. The van der Waals surface area contributed by atoms with Crippen molar-refractivity contribution < 1.29 is 13.2 Å². The summed E-state index contributed by atoms with van der Waals surface area (Å²) >= 11 is 5.71. The minimum Gasteiger partial charge on any atom is -0.207 e. The molecule has 4 heteroatoms. The Hall–Kier alpha value is -1.48. The van der Waals surface area contributed by atoms with E-state index in [1.54, 1.807) is 6.07 Å². The average Bonchev–Trinajstić information content (AvgIpc) is 2.80. The molecule has 2 saturated carbocycles. The van der Waals surface area contributed by atoms with Gasteiger partial charge in [-0.3, -0.25) is 0 Å². The van der Waals surface area contributed by atoms with E-state index in [0.29, 0.717) is 12.0 Å². The molecule has 2 aliphatic carbocycles. The normalized spacial score (nSPS) is 25.8. The molecule has 0 spiro atoms. The Labute approximate surface area is 201 Å². The fraction of sp³-hybridized carbons (Fsp3) is 0.586. The fourth-order valence-electron chi connectivity index (χ4n) is 5.94. The summed E-state index contributed by atoms with van der Waals surface area (Å²) in [7, 11) is 0. The van der Waals surface area contributed by atoms with Gasteiger partial charge in [0.05, 0.1) is 5.02 Å². The van der Waals surface area contributed by atoms with E-state index < -0.39 is 17.5 Å². The van der Waals surface area contributed by atoms with E-state index >= 15 is 0 Å². The van der Waals surface area contributed by atoms with Crippen LogP contribution in [0.4, 0.5) is 13.2 Å². The van der Waals surface area contributed by atoms with Gasteiger partial charge in [-0.05, 0) is 97.6 Å². The molecule has 2 fully saturated rings. The quantitative estimate of drug-likeness (QED) is 0.373. The predicted molar refractivity (Wildman–Crippen MR) is 130 cm³/mol. The van der Waals surface area contributed by atoms with Crippen molar-refractivity contribution >= 4 is 11.6 Å². The van der Waals surface area contributed by atoms with Gasteiger partial charge in [-0.1, -0.05) is 63.1 Å². The largest absolute Gasteiger partial charge is 0.207 e. The van der Waals surface area contributed by atoms with Crippen molar-refractivity contribution in [2.24, 2.45) is 17.8 Å². The topological polar surface area (TPSA) is 0 Å². The van der Waals surface area contributed by atoms with Crippen molar-refractivity contribution in [2.75, 3.05) is 0 Å². The molecule has 0 unspecified atom stereocenters. The summed E-state index contributed by atoms with van der Waals surface area (Å²) in [5, 5.41) is 0.0544. The van der Waals surface area contributed by atoms with Crippen LogP contribution in [-0.2, 0) is 12.8 Å². The van der Waals surface area contributed by atoms with Crippen LogP contribution in [0, 0.1) is 35.2 Å². The van der Waals surface area contributed by atoms with Gasteiger partial charge < -0.3 is 0 Å². The molecule has 2 aromatic rings. The van der Waals surface area contributed by atoms with Crippen LogP contribution in [0.25, 0.3) is 0 Å². The SMILES string of the molecule is CC1CCC(CCC2CCC(c3cc(F)c(CCc4ccc(Cl)c(F)c4)c(F)c3)CC2)CC1. The summed E-state index contributed by atoms with van der Waals surface area (Å²) < 4.78 is 43.2. The molecular formula is C29H36ClF3. The lowest BCUT2D eigenvalue weighted by atomic mass is 9.74. The zero-order valence-corrected chi connectivity index (χ0v) is 20.4. The summed E-state index contributed by atoms with van der Waals surface area (Å²) in [6.45, 7) is 2.37. The van der Waals surface area contributed by atoms with Crippen LogP contribution in [0.3, 0.4) is 0 Å². The highest BCUT2D eigenvalue weighted by atomic mass is 35.5. The lowest BCUT2D eigenvalue weighted by Crippen LogP contribution is -2.17. The Kier molecular flexibility index (Phi) is 8.43. The van der Waals surface area contributed by atoms with E-state index in [2.05, 4.69) is 6.92 Å². The number of benzene rings is 2. The number of halogens is 4. The Morgan fingerprint density at radius 2 is 1.30 bits per heavy atom. The molecule has 4 rings (SSSR count). The summed E-state index contributed by atoms with van der Waals surface area (Å²) in [5.74, 6) is 1.38. The Balaban J connectivity index is 1.28. The van der Waals surface area contributed by atoms with Gasteiger partial charge in [0, 0.05) is 5.56 Å². The van der Waals surface area contributed by atoms with E-state index in [1.165, 1.54) is 75.6 Å². The summed E-state index contributed by atoms with van der Waals surface area (Å²) in [6, 6.07) is 7.58. The zero-order valence-electron chi connectivity index (χ0n) is 19.7. The van der Waals surface area contributed by atoms with Crippen LogP contribution in [0.2, 0.25) is 5.02 Å². The fourth-order valence-corrected chi connectivity index (χ4v) is 6.05. The van der Waals surface area contributed by atoms with E-state index in [4.69, 9.17) is 11.6 Å². The number of hydrogen-bond acceptors (Lipinski definition) is 0. The van der Waals surface area contributed by atoms with Crippen molar-refractivity contribution in [3.8, 4) is 0 Å². The molecular weight excluding hydrogens is 441 g/mol. The molecule has 0 atom stereocenters. The molecule has 180 valence electrons. The molecule has 0 saturated heterocycles. The summed E-state index contributed by atoms with van der Waals surface area (Å²) in [6.07, 6.45) is 13.2. The van der Waals surface area contributed by atoms with Crippen molar-refractivity contribution in [2.45, 2.75) is 89.9 Å². The Morgan fingerprint density at radius 1 is 0.727 bits per heavy atom. The first-order valence-electron chi connectivity index (χ1n) is 12.8. The van der Waals surface area contributed by atoms with E-state index in [-0.39, 0.29) is 22.9 Å². The first-order chi connectivity index (χ1) is 15.9. The second-order valence-corrected chi connectivity index (χ2v) is 11.0. The van der Waals surface area contributed by atoms with Gasteiger partial charge in [0.1, 0.15) is 17.5 Å². The molecule has 0 heterocycles. The van der Waals surface area contributed by atoms with Gasteiger partial charge in [-0.2, -0.15) is 0 Å². The zero-order chi connectivity index (χ0) is 23.4. The third-order valence-corrected chi connectivity index (χ3v) is 8.55. The number of hydrogen-bond donors (Lipinski definition) is 0. The van der Waals surface area contributed by atoms with Crippen molar-refractivity contribution in [1.29, 1.82) is 0 Å². The molecule has 0 aromatic heterocycles. The Bertz CT molecular complexity index is 901. The van der Waals surface area contributed by atoms with Gasteiger partial charge >= 0.3 is 0 Å². The summed E-state index contributed by atoms with van der Waals surface area (Å²) in [5.41, 5.74) is 1.57. The number of aryl methyl sites for hydroxylation is 1. The monoisotopic (exact) mass is 476 g/mol. The Morgan fingerprint density at radius 3 is 1.88 bits per heavy atom. The van der Waals surface area contributed by atoms with Gasteiger partial charge in [0.15, 0.2) is 0 Å². The van der Waals surface area contributed by atoms with Crippen LogP contribution in [-0.4, -0.2) is 0 Å².